The number of primary amides is 1. The molecule has 2 rings (SSSR count). The monoisotopic (exact) mass is 241 g/mol. The SMILES string of the molecule is NC(=O)C1CCN(c2ncnc(Cl)c2N)C1. The van der Waals surface area contributed by atoms with E-state index in [0.717, 1.165) is 6.42 Å². The molecule has 0 aromatic carbocycles. The molecule has 0 bridgehead atoms. The maximum atomic E-state index is 11.0. The van der Waals surface area contributed by atoms with E-state index in [4.69, 9.17) is 23.1 Å². The van der Waals surface area contributed by atoms with E-state index in [1.165, 1.54) is 6.33 Å². The number of carbonyl (C=O) groups excluding carboxylic acids is 1. The minimum atomic E-state index is -0.291. The Morgan fingerprint density at radius 2 is 2.31 bits per heavy atom. The smallest absolute Gasteiger partial charge is 0.222 e. The normalized spacial score (nSPS) is 20.1. The minimum absolute atomic E-state index is 0.145. The van der Waals surface area contributed by atoms with Crippen LogP contribution in [-0.2, 0) is 4.79 Å². The average Bonchev–Trinajstić information content (AvgIpc) is 2.71. The molecule has 0 radical (unpaired) electrons. The van der Waals surface area contributed by atoms with Crippen LogP contribution in [0.2, 0.25) is 5.15 Å². The molecule has 16 heavy (non-hydrogen) atoms. The van der Waals surface area contributed by atoms with Gasteiger partial charge in [0.25, 0.3) is 0 Å². The molecule has 2 heterocycles. The molecule has 6 nitrogen and oxygen atoms in total. The van der Waals surface area contributed by atoms with Crippen LogP contribution >= 0.6 is 11.6 Å². The number of halogens is 1. The van der Waals surface area contributed by atoms with Crippen molar-refractivity contribution in [2.45, 2.75) is 6.42 Å². The van der Waals surface area contributed by atoms with E-state index in [9.17, 15) is 4.79 Å². The van der Waals surface area contributed by atoms with E-state index in [1.54, 1.807) is 0 Å². The van der Waals surface area contributed by atoms with Gasteiger partial charge in [-0.05, 0) is 6.42 Å². The van der Waals surface area contributed by atoms with Crippen LogP contribution in [0.5, 0.6) is 0 Å². The zero-order valence-corrected chi connectivity index (χ0v) is 9.31. The topological polar surface area (TPSA) is 98.1 Å². The van der Waals surface area contributed by atoms with Crippen molar-refractivity contribution in [3.63, 3.8) is 0 Å². The standard InChI is InChI=1S/C9H12ClN5O/c10-7-6(11)9(14-4-13-7)15-2-1-5(3-15)8(12)16/h4-5H,1-3,11H2,(H2,12,16). The Hall–Kier alpha value is -1.56. The van der Waals surface area contributed by atoms with Gasteiger partial charge in [0, 0.05) is 13.1 Å². The van der Waals surface area contributed by atoms with Gasteiger partial charge in [-0.25, -0.2) is 9.97 Å². The van der Waals surface area contributed by atoms with E-state index in [1.807, 2.05) is 4.90 Å². The molecule has 1 fully saturated rings. The van der Waals surface area contributed by atoms with Gasteiger partial charge in [-0.2, -0.15) is 0 Å². The maximum absolute atomic E-state index is 11.0. The van der Waals surface area contributed by atoms with Gasteiger partial charge in [0.05, 0.1) is 5.92 Å². The highest BCUT2D eigenvalue weighted by atomic mass is 35.5. The molecule has 1 aromatic rings. The predicted molar refractivity (Wildman–Crippen MR) is 61.0 cm³/mol. The second-order valence-electron chi connectivity index (χ2n) is 3.74. The van der Waals surface area contributed by atoms with Crippen molar-refractivity contribution in [3.8, 4) is 0 Å². The summed E-state index contributed by atoms with van der Waals surface area (Å²) in [5, 5.41) is 0.229. The molecule has 1 aliphatic rings. The highest BCUT2D eigenvalue weighted by Crippen LogP contribution is 2.29. The first-order chi connectivity index (χ1) is 7.59. The number of carbonyl (C=O) groups is 1. The van der Waals surface area contributed by atoms with Crippen LogP contribution in [0.15, 0.2) is 6.33 Å². The number of aromatic nitrogens is 2. The molecule has 1 aromatic heterocycles. The highest BCUT2D eigenvalue weighted by Gasteiger charge is 2.28. The summed E-state index contributed by atoms with van der Waals surface area (Å²) in [6.07, 6.45) is 2.07. The molecular weight excluding hydrogens is 230 g/mol. The van der Waals surface area contributed by atoms with Crippen LogP contribution in [0.1, 0.15) is 6.42 Å². The van der Waals surface area contributed by atoms with Crippen LogP contribution in [-0.4, -0.2) is 29.0 Å². The van der Waals surface area contributed by atoms with Crippen molar-refractivity contribution in [1.82, 2.24) is 9.97 Å². The molecule has 1 aliphatic heterocycles. The second kappa shape index (κ2) is 4.13. The molecular formula is C9H12ClN5O. The number of nitrogens with zero attached hydrogens (tertiary/aromatic N) is 3. The summed E-state index contributed by atoms with van der Waals surface area (Å²) >= 11 is 5.80. The first kappa shape index (κ1) is 10.9. The van der Waals surface area contributed by atoms with Crippen molar-refractivity contribution >= 4 is 29.0 Å². The zero-order valence-electron chi connectivity index (χ0n) is 8.56. The number of anilines is 2. The number of nitrogens with two attached hydrogens (primary N) is 2. The molecule has 86 valence electrons. The Balaban J connectivity index is 2.21. The van der Waals surface area contributed by atoms with Crippen molar-refractivity contribution in [2.24, 2.45) is 11.7 Å². The minimum Gasteiger partial charge on any atom is -0.393 e. The van der Waals surface area contributed by atoms with Gasteiger partial charge < -0.3 is 16.4 Å². The molecule has 1 atom stereocenters. The number of amides is 1. The van der Waals surface area contributed by atoms with E-state index >= 15 is 0 Å². The first-order valence-electron chi connectivity index (χ1n) is 4.90. The summed E-state index contributed by atoms with van der Waals surface area (Å²) in [6.45, 7) is 1.23. The van der Waals surface area contributed by atoms with Crippen LogP contribution in [0.3, 0.4) is 0 Å². The summed E-state index contributed by atoms with van der Waals surface area (Å²) in [5.74, 6) is 0.137. The summed E-state index contributed by atoms with van der Waals surface area (Å²) in [5.41, 5.74) is 11.4. The zero-order chi connectivity index (χ0) is 11.7. The molecule has 1 amide bonds. The van der Waals surface area contributed by atoms with E-state index in [0.29, 0.717) is 24.6 Å². The fourth-order valence-electron chi connectivity index (χ4n) is 1.80. The van der Waals surface area contributed by atoms with E-state index < -0.39 is 0 Å². The van der Waals surface area contributed by atoms with Gasteiger partial charge in [-0.1, -0.05) is 11.6 Å². The largest absolute Gasteiger partial charge is 0.393 e. The lowest BCUT2D eigenvalue weighted by atomic mass is 10.1. The average molecular weight is 242 g/mol. The van der Waals surface area contributed by atoms with E-state index in [2.05, 4.69) is 9.97 Å². The van der Waals surface area contributed by atoms with Crippen LogP contribution in [0.25, 0.3) is 0 Å². The summed E-state index contributed by atoms with van der Waals surface area (Å²) in [4.78, 5) is 20.8. The van der Waals surface area contributed by atoms with Gasteiger partial charge in [0.2, 0.25) is 5.91 Å². The third-order valence-corrected chi connectivity index (χ3v) is 3.01. The number of hydrogen-bond donors (Lipinski definition) is 2. The van der Waals surface area contributed by atoms with Crippen LogP contribution in [0.4, 0.5) is 11.5 Å². The van der Waals surface area contributed by atoms with Gasteiger partial charge in [-0.15, -0.1) is 0 Å². The van der Waals surface area contributed by atoms with Gasteiger partial charge in [-0.3, -0.25) is 4.79 Å². The Morgan fingerprint density at radius 3 is 2.94 bits per heavy atom. The number of hydrogen-bond acceptors (Lipinski definition) is 5. The summed E-state index contributed by atoms with van der Waals surface area (Å²) in [6, 6.07) is 0. The lowest BCUT2D eigenvalue weighted by Gasteiger charge is -2.18. The third kappa shape index (κ3) is 1.88. The summed E-state index contributed by atoms with van der Waals surface area (Å²) < 4.78 is 0. The second-order valence-corrected chi connectivity index (χ2v) is 4.09. The molecule has 0 spiro atoms. The van der Waals surface area contributed by atoms with Crippen LogP contribution in [0, 0.1) is 5.92 Å². The van der Waals surface area contributed by atoms with Crippen molar-refractivity contribution < 1.29 is 4.79 Å². The predicted octanol–water partition coefficient (Wildman–Crippen LogP) is 0.0238. The first-order valence-corrected chi connectivity index (χ1v) is 5.27. The molecule has 1 saturated heterocycles. The highest BCUT2D eigenvalue weighted by molar-refractivity contribution is 6.32. The van der Waals surface area contributed by atoms with E-state index in [-0.39, 0.29) is 17.0 Å². The van der Waals surface area contributed by atoms with Crippen molar-refractivity contribution in [3.05, 3.63) is 11.5 Å². The van der Waals surface area contributed by atoms with Crippen molar-refractivity contribution in [2.75, 3.05) is 23.7 Å². The third-order valence-electron chi connectivity index (χ3n) is 2.70. The molecule has 0 aliphatic carbocycles. The van der Waals surface area contributed by atoms with Crippen LogP contribution < -0.4 is 16.4 Å². The van der Waals surface area contributed by atoms with Gasteiger partial charge >= 0.3 is 0 Å². The molecule has 1 unspecified atom stereocenters. The lowest BCUT2D eigenvalue weighted by Crippen LogP contribution is -2.28. The maximum Gasteiger partial charge on any atom is 0.222 e. The summed E-state index contributed by atoms with van der Waals surface area (Å²) in [7, 11) is 0. The lowest BCUT2D eigenvalue weighted by molar-refractivity contribution is -0.121. The molecule has 7 heteroatoms. The quantitative estimate of drug-likeness (QED) is 0.712. The van der Waals surface area contributed by atoms with Crippen molar-refractivity contribution in [1.29, 1.82) is 0 Å². The fourth-order valence-corrected chi connectivity index (χ4v) is 1.93. The Morgan fingerprint density at radius 1 is 1.56 bits per heavy atom. The fraction of sp³-hybridized carbons (Fsp3) is 0.444. The Kier molecular flexibility index (Phi) is 2.82. The molecule has 0 saturated carbocycles. The van der Waals surface area contributed by atoms with Gasteiger partial charge in [0.1, 0.15) is 12.0 Å². The molecule has 4 N–H and O–H groups in total. The number of rotatable bonds is 2. The van der Waals surface area contributed by atoms with Gasteiger partial charge in [0.15, 0.2) is 11.0 Å². The number of nitrogen functional groups attached to an aromatic ring is 1. The Labute approximate surface area is 97.6 Å². The Bertz CT molecular complexity index is 424.